The molecule has 2 aromatic rings. The van der Waals surface area contributed by atoms with Gasteiger partial charge in [-0.2, -0.15) is 0 Å². The Labute approximate surface area is 123 Å². The van der Waals surface area contributed by atoms with Crippen molar-refractivity contribution >= 4 is 34.4 Å². The van der Waals surface area contributed by atoms with E-state index in [9.17, 15) is 4.79 Å². The van der Waals surface area contributed by atoms with Gasteiger partial charge >= 0.3 is 5.97 Å². The molecule has 0 amide bonds. The first-order valence-electron chi connectivity index (χ1n) is 5.38. The first kappa shape index (κ1) is 13.5. The number of halogens is 1. The van der Waals surface area contributed by atoms with E-state index in [1.54, 1.807) is 36.5 Å². The average molecular weight is 367 g/mol. The molecule has 1 heterocycles. The molecule has 0 radical (unpaired) electrons. The maximum absolute atomic E-state index is 11.7. The van der Waals surface area contributed by atoms with Gasteiger partial charge in [0.25, 0.3) is 0 Å². The van der Waals surface area contributed by atoms with Crippen LogP contribution < -0.4 is 5.73 Å². The summed E-state index contributed by atoms with van der Waals surface area (Å²) in [4.78, 5) is 20.4. The molecule has 96 valence electrons. The Kier molecular flexibility index (Phi) is 4.45. The molecule has 0 spiro atoms. The van der Waals surface area contributed by atoms with E-state index in [2.05, 4.69) is 32.7 Å². The first-order chi connectivity index (χ1) is 9.16. The average Bonchev–Trinajstić information content (AvgIpc) is 2.46. The second kappa shape index (κ2) is 6.28. The summed E-state index contributed by atoms with van der Waals surface area (Å²) in [6.45, 7) is 0. The number of carbonyl (C=O) groups excluding carboxylic acids is 1. The highest BCUT2D eigenvalue weighted by atomic mass is 127. The molecule has 6 heteroatoms. The summed E-state index contributed by atoms with van der Waals surface area (Å²) in [6.07, 6.45) is 1.58. The van der Waals surface area contributed by atoms with Crippen LogP contribution in [-0.2, 0) is 4.84 Å². The van der Waals surface area contributed by atoms with Crippen molar-refractivity contribution in [2.24, 2.45) is 10.9 Å². The molecule has 0 aliphatic carbocycles. The predicted molar refractivity (Wildman–Crippen MR) is 79.5 cm³/mol. The predicted octanol–water partition coefficient (Wildman–Crippen LogP) is 2.16. The molecule has 5 nitrogen and oxygen atoms in total. The van der Waals surface area contributed by atoms with Gasteiger partial charge in [0.1, 0.15) is 5.69 Å². The topological polar surface area (TPSA) is 77.6 Å². The molecule has 0 fully saturated rings. The summed E-state index contributed by atoms with van der Waals surface area (Å²) >= 11 is 2.15. The molecular weight excluding hydrogens is 357 g/mol. The number of carbonyl (C=O) groups is 1. The maximum atomic E-state index is 11.7. The monoisotopic (exact) mass is 367 g/mol. The minimum Gasteiger partial charge on any atom is -0.379 e. The number of nitrogens with zero attached hydrogens (tertiary/aromatic N) is 2. The molecule has 0 aliphatic heterocycles. The van der Waals surface area contributed by atoms with Gasteiger partial charge in [0.05, 0.1) is 5.56 Å². The lowest BCUT2D eigenvalue weighted by molar-refractivity contribution is 0.0516. The van der Waals surface area contributed by atoms with Gasteiger partial charge in [-0.05, 0) is 59.0 Å². The zero-order valence-corrected chi connectivity index (χ0v) is 11.9. The van der Waals surface area contributed by atoms with Crippen LogP contribution in [0.5, 0.6) is 0 Å². The van der Waals surface area contributed by atoms with Gasteiger partial charge in [0.2, 0.25) is 0 Å². The number of aromatic nitrogens is 1. The van der Waals surface area contributed by atoms with E-state index in [-0.39, 0.29) is 5.84 Å². The van der Waals surface area contributed by atoms with E-state index in [1.807, 2.05) is 12.1 Å². The summed E-state index contributed by atoms with van der Waals surface area (Å²) in [5, 5.41) is 3.57. The maximum Gasteiger partial charge on any atom is 0.365 e. The zero-order valence-electron chi connectivity index (χ0n) is 9.79. The van der Waals surface area contributed by atoms with Gasteiger partial charge in [-0.25, -0.2) is 4.79 Å². The van der Waals surface area contributed by atoms with Crippen molar-refractivity contribution in [3.8, 4) is 0 Å². The number of nitrogens with two attached hydrogens (primary N) is 1. The summed E-state index contributed by atoms with van der Waals surface area (Å²) in [5.41, 5.74) is 6.53. The van der Waals surface area contributed by atoms with E-state index in [1.165, 1.54) is 0 Å². The van der Waals surface area contributed by atoms with Crippen LogP contribution in [0.3, 0.4) is 0 Å². The molecule has 1 aromatic carbocycles. The van der Waals surface area contributed by atoms with Crippen LogP contribution in [-0.4, -0.2) is 16.8 Å². The molecule has 0 aliphatic rings. The van der Waals surface area contributed by atoms with E-state index in [4.69, 9.17) is 10.6 Å². The van der Waals surface area contributed by atoms with Gasteiger partial charge in [0, 0.05) is 9.77 Å². The lowest BCUT2D eigenvalue weighted by atomic mass is 10.2. The van der Waals surface area contributed by atoms with Crippen LogP contribution in [0.1, 0.15) is 16.1 Å². The van der Waals surface area contributed by atoms with E-state index in [0.29, 0.717) is 11.3 Å². The highest BCUT2D eigenvalue weighted by molar-refractivity contribution is 14.1. The number of rotatable bonds is 3. The summed E-state index contributed by atoms with van der Waals surface area (Å²) in [7, 11) is 0. The fourth-order valence-corrected chi connectivity index (χ4v) is 1.65. The number of benzene rings is 1. The van der Waals surface area contributed by atoms with Crippen LogP contribution >= 0.6 is 22.6 Å². The Bertz CT molecular complexity index is 597. The van der Waals surface area contributed by atoms with Crippen molar-refractivity contribution in [1.29, 1.82) is 0 Å². The SMILES string of the molecule is N/C(=N/OC(=O)c1ccc(I)cc1)c1ccccn1. The zero-order chi connectivity index (χ0) is 13.7. The van der Waals surface area contributed by atoms with Crippen molar-refractivity contribution in [1.82, 2.24) is 4.98 Å². The molecule has 0 unspecified atom stereocenters. The van der Waals surface area contributed by atoms with Gasteiger partial charge in [0.15, 0.2) is 5.84 Å². The quantitative estimate of drug-likeness (QED) is 0.297. The molecule has 0 saturated heterocycles. The molecule has 0 atom stereocenters. The van der Waals surface area contributed by atoms with Crippen LogP contribution in [0.4, 0.5) is 0 Å². The number of hydrogen-bond acceptors (Lipinski definition) is 4. The third-order valence-corrected chi connectivity index (χ3v) is 2.95. The van der Waals surface area contributed by atoms with Crippen LogP contribution in [0.15, 0.2) is 53.8 Å². The van der Waals surface area contributed by atoms with Crippen molar-refractivity contribution < 1.29 is 9.63 Å². The van der Waals surface area contributed by atoms with Crippen LogP contribution in [0.25, 0.3) is 0 Å². The van der Waals surface area contributed by atoms with Gasteiger partial charge < -0.3 is 10.6 Å². The number of hydrogen-bond donors (Lipinski definition) is 1. The highest BCUT2D eigenvalue weighted by Crippen LogP contribution is 2.08. The Morgan fingerprint density at radius 3 is 2.58 bits per heavy atom. The third-order valence-electron chi connectivity index (χ3n) is 2.23. The minimum absolute atomic E-state index is 0.0551. The normalized spacial score (nSPS) is 11.1. The number of oxime groups is 1. The largest absolute Gasteiger partial charge is 0.379 e. The van der Waals surface area contributed by atoms with Gasteiger partial charge in [-0.1, -0.05) is 11.2 Å². The van der Waals surface area contributed by atoms with E-state index < -0.39 is 5.97 Å². The van der Waals surface area contributed by atoms with Crippen molar-refractivity contribution in [3.05, 3.63) is 63.5 Å². The van der Waals surface area contributed by atoms with Crippen molar-refractivity contribution in [2.75, 3.05) is 0 Å². The van der Waals surface area contributed by atoms with Gasteiger partial charge in [-0.3, -0.25) is 4.98 Å². The Hall–Kier alpha value is -1.96. The molecule has 2 N–H and O–H groups in total. The molecule has 2 rings (SSSR count). The second-order valence-corrected chi connectivity index (χ2v) is 4.82. The smallest absolute Gasteiger partial charge is 0.365 e. The fourth-order valence-electron chi connectivity index (χ4n) is 1.29. The van der Waals surface area contributed by atoms with Crippen LogP contribution in [0, 0.1) is 3.57 Å². The van der Waals surface area contributed by atoms with Crippen LogP contribution in [0.2, 0.25) is 0 Å². The molecule has 19 heavy (non-hydrogen) atoms. The van der Waals surface area contributed by atoms with E-state index in [0.717, 1.165) is 3.57 Å². The van der Waals surface area contributed by atoms with Crippen molar-refractivity contribution in [2.45, 2.75) is 0 Å². The minimum atomic E-state index is -0.560. The number of pyridine rings is 1. The lowest BCUT2D eigenvalue weighted by Crippen LogP contribution is -2.16. The summed E-state index contributed by atoms with van der Waals surface area (Å²) < 4.78 is 1.03. The Balaban J connectivity index is 2.06. The summed E-state index contributed by atoms with van der Waals surface area (Å²) in [6, 6.07) is 12.1. The second-order valence-electron chi connectivity index (χ2n) is 3.58. The van der Waals surface area contributed by atoms with Crippen molar-refractivity contribution in [3.63, 3.8) is 0 Å². The lowest BCUT2D eigenvalue weighted by Gasteiger charge is -2.00. The number of amidine groups is 1. The molecular formula is C13H10IN3O2. The highest BCUT2D eigenvalue weighted by Gasteiger charge is 2.07. The first-order valence-corrected chi connectivity index (χ1v) is 6.46. The Morgan fingerprint density at radius 2 is 1.95 bits per heavy atom. The van der Waals surface area contributed by atoms with E-state index >= 15 is 0 Å². The third kappa shape index (κ3) is 3.75. The standard InChI is InChI=1S/C13H10IN3O2/c14-10-6-4-9(5-7-10)13(18)19-17-12(15)11-3-1-2-8-16-11/h1-8H,(H2,15,17). The van der Waals surface area contributed by atoms with Gasteiger partial charge in [-0.15, -0.1) is 0 Å². The molecule has 1 aromatic heterocycles. The summed E-state index contributed by atoms with van der Waals surface area (Å²) in [5.74, 6) is -0.505. The fraction of sp³-hybridized carbons (Fsp3) is 0. The molecule has 0 saturated carbocycles. The Morgan fingerprint density at radius 1 is 1.21 bits per heavy atom. The molecule has 0 bridgehead atoms.